The Bertz CT molecular complexity index is 2050. The Morgan fingerprint density at radius 3 is 2.14 bits per heavy atom. The highest BCUT2D eigenvalue weighted by atomic mass is 32.2. The smallest absolute Gasteiger partial charge is 0.137 e. The highest BCUT2D eigenvalue weighted by Gasteiger charge is 2.27. The van der Waals surface area contributed by atoms with Gasteiger partial charge in [-0.1, -0.05) is 90.6 Å². The number of aromatic nitrogens is 3. The molecular weight excluding hydrogens is 545 g/mol. The average molecular weight is 571 g/mol. The van der Waals surface area contributed by atoms with Gasteiger partial charge in [0, 0.05) is 45.2 Å². The number of hydrogen-bond acceptors (Lipinski definition) is 4. The van der Waals surface area contributed by atoms with Crippen LogP contribution in [0, 0.1) is 0 Å². The fourth-order valence-corrected chi connectivity index (χ4v) is 6.72. The number of benzene rings is 5. The fraction of sp³-hybridized carbons (Fsp3) is 0. The summed E-state index contributed by atoms with van der Waals surface area (Å²) < 4.78 is 2.03. The molecule has 3 heterocycles. The largest absolute Gasteiger partial charge is 0.306 e. The molecule has 5 aromatic carbocycles. The van der Waals surface area contributed by atoms with Crippen LogP contribution in [0.15, 0.2) is 168 Å². The van der Waals surface area contributed by atoms with Crippen LogP contribution in [0.3, 0.4) is 0 Å². The predicted octanol–water partition coefficient (Wildman–Crippen LogP) is 10.2. The SMILES string of the molecule is c1ccc(-c2ccc3c(c2)-c2ccccc2-c2ccc(Sc4cccc(-n5ccnc5)c4)cc2N3c2ccccn2)cc1. The van der Waals surface area contributed by atoms with Gasteiger partial charge in [-0.15, -0.1) is 0 Å². The summed E-state index contributed by atoms with van der Waals surface area (Å²) in [5.74, 6) is 0.884. The molecule has 0 saturated heterocycles. The quantitative estimate of drug-likeness (QED) is 0.206. The number of pyridine rings is 1. The molecule has 0 bridgehead atoms. The van der Waals surface area contributed by atoms with Crippen LogP contribution in [-0.2, 0) is 0 Å². The first-order valence-electron chi connectivity index (χ1n) is 14.2. The van der Waals surface area contributed by atoms with E-state index in [1.807, 2.05) is 29.4 Å². The summed E-state index contributed by atoms with van der Waals surface area (Å²) >= 11 is 1.76. The van der Waals surface area contributed by atoms with Crippen molar-refractivity contribution in [3.05, 3.63) is 158 Å². The van der Waals surface area contributed by atoms with Crippen molar-refractivity contribution in [1.29, 1.82) is 0 Å². The number of fused-ring (bicyclic) bond motifs is 5. The molecule has 0 saturated carbocycles. The molecule has 0 fully saturated rings. The van der Waals surface area contributed by atoms with Gasteiger partial charge in [-0.3, -0.25) is 4.90 Å². The van der Waals surface area contributed by atoms with E-state index in [1.165, 1.54) is 33.4 Å². The molecule has 0 aliphatic carbocycles. The van der Waals surface area contributed by atoms with Crippen LogP contribution in [-0.4, -0.2) is 14.5 Å². The molecule has 2 aromatic heterocycles. The maximum Gasteiger partial charge on any atom is 0.137 e. The third kappa shape index (κ3) is 4.70. The lowest BCUT2D eigenvalue weighted by molar-refractivity contribution is 1.05. The Balaban J connectivity index is 1.31. The molecule has 204 valence electrons. The molecule has 4 nitrogen and oxygen atoms in total. The van der Waals surface area contributed by atoms with E-state index in [2.05, 4.69) is 137 Å². The van der Waals surface area contributed by atoms with E-state index in [0.717, 1.165) is 32.7 Å². The van der Waals surface area contributed by atoms with Gasteiger partial charge in [0.2, 0.25) is 0 Å². The number of nitrogens with zero attached hydrogens (tertiary/aromatic N) is 4. The number of rotatable bonds is 5. The topological polar surface area (TPSA) is 34.0 Å². The predicted molar refractivity (Wildman–Crippen MR) is 176 cm³/mol. The van der Waals surface area contributed by atoms with Gasteiger partial charge in [0.1, 0.15) is 5.82 Å². The van der Waals surface area contributed by atoms with Gasteiger partial charge < -0.3 is 4.57 Å². The third-order valence-corrected chi connectivity index (χ3v) is 8.78. The van der Waals surface area contributed by atoms with Gasteiger partial charge in [-0.05, 0) is 76.9 Å². The van der Waals surface area contributed by atoms with E-state index in [-0.39, 0.29) is 0 Å². The van der Waals surface area contributed by atoms with Gasteiger partial charge in [-0.25, -0.2) is 9.97 Å². The van der Waals surface area contributed by atoms with E-state index in [0.29, 0.717) is 0 Å². The first kappa shape index (κ1) is 25.3. The fourth-order valence-electron chi connectivity index (χ4n) is 5.82. The molecule has 1 aliphatic heterocycles. The lowest BCUT2D eigenvalue weighted by atomic mass is 9.92. The first-order valence-corrected chi connectivity index (χ1v) is 15.0. The molecule has 0 N–H and O–H groups in total. The van der Waals surface area contributed by atoms with Gasteiger partial charge >= 0.3 is 0 Å². The molecule has 0 spiro atoms. The highest BCUT2D eigenvalue weighted by Crippen LogP contribution is 2.52. The van der Waals surface area contributed by atoms with Crippen LogP contribution < -0.4 is 4.90 Å². The molecular formula is C38H26N4S. The van der Waals surface area contributed by atoms with Crippen molar-refractivity contribution in [3.8, 4) is 39.1 Å². The van der Waals surface area contributed by atoms with Crippen molar-refractivity contribution < 1.29 is 0 Å². The zero-order chi connectivity index (χ0) is 28.6. The molecule has 0 amide bonds. The third-order valence-electron chi connectivity index (χ3n) is 7.80. The molecule has 0 atom stereocenters. The summed E-state index contributed by atoms with van der Waals surface area (Å²) in [5, 5.41) is 0. The zero-order valence-electron chi connectivity index (χ0n) is 23.2. The Kier molecular flexibility index (Phi) is 6.35. The monoisotopic (exact) mass is 570 g/mol. The molecule has 5 heteroatoms. The minimum Gasteiger partial charge on any atom is -0.306 e. The van der Waals surface area contributed by atoms with Crippen LogP contribution in [0.5, 0.6) is 0 Å². The first-order chi connectivity index (χ1) is 21.3. The summed E-state index contributed by atoms with van der Waals surface area (Å²) in [6.45, 7) is 0. The second kappa shape index (κ2) is 10.8. The second-order valence-electron chi connectivity index (χ2n) is 10.4. The number of anilines is 3. The van der Waals surface area contributed by atoms with Crippen molar-refractivity contribution in [3.63, 3.8) is 0 Å². The highest BCUT2D eigenvalue weighted by molar-refractivity contribution is 7.99. The van der Waals surface area contributed by atoms with E-state index in [4.69, 9.17) is 4.98 Å². The molecule has 8 rings (SSSR count). The van der Waals surface area contributed by atoms with Crippen molar-refractivity contribution in [2.24, 2.45) is 0 Å². The molecule has 0 radical (unpaired) electrons. The van der Waals surface area contributed by atoms with Crippen LogP contribution in [0.1, 0.15) is 0 Å². The van der Waals surface area contributed by atoms with Crippen molar-refractivity contribution in [2.75, 3.05) is 4.90 Å². The lowest BCUT2D eigenvalue weighted by Crippen LogP contribution is -2.12. The summed E-state index contributed by atoms with van der Waals surface area (Å²) in [5.41, 5.74) is 10.5. The Hall–Kier alpha value is -5.39. The Morgan fingerprint density at radius 1 is 0.512 bits per heavy atom. The van der Waals surface area contributed by atoms with Crippen LogP contribution in [0.2, 0.25) is 0 Å². The minimum absolute atomic E-state index is 0.884. The number of hydrogen-bond donors (Lipinski definition) is 0. The summed E-state index contributed by atoms with van der Waals surface area (Å²) in [4.78, 5) is 13.7. The van der Waals surface area contributed by atoms with E-state index in [1.54, 1.807) is 18.0 Å². The van der Waals surface area contributed by atoms with Gasteiger partial charge in [0.15, 0.2) is 0 Å². The van der Waals surface area contributed by atoms with Crippen molar-refractivity contribution in [2.45, 2.75) is 9.79 Å². The average Bonchev–Trinajstić information content (AvgIpc) is 3.58. The summed E-state index contributed by atoms with van der Waals surface area (Å²) in [6.07, 6.45) is 7.46. The molecule has 1 aliphatic rings. The number of imidazole rings is 1. The summed E-state index contributed by atoms with van der Waals surface area (Å²) in [6, 6.07) is 47.5. The normalized spacial score (nSPS) is 11.8. The Morgan fingerprint density at radius 2 is 1.33 bits per heavy atom. The van der Waals surface area contributed by atoms with Gasteiger partial charge in [0.05, 0.1) is 17.7 Å². The van der Waals surface area contributed by atoms with Crippen molar-refractivity contribution >= 4 is 29.0 Å². The van der Waals surface area contributed by atoms with E-state index < -0.39 is 0 Å². The van der Waals surface area contributed by atoms with E-state index in [9.17, 15) is 0 Å². The Labute approximate surface area is 255 Å². The standard InChI is InChI=1S/C38H26N4S/c1-2-9-27(10-3-1)28-16-19-36-35(23-28)33-14-5-4-13-32(33)34-18-17-31(25-37(34)42(36)38-15-6-7-20-40-38)43-30-12-8-11-29(24-30)41-22-21-39-26-41/h1-26H. The minimum atomic E-state index is 0.884. The second-order valence-corrected chi connectivity index (χ2v) is 11.6. The maximum atomic E-state index is 4.85. The molecule has 43 heavy (non-hydrogen) atoms. The molecule has 7 aromatic rings. The van der Waals surface area contributed by atoms with E-state index >= 15 is 0 Å². The van der Waals surface area contributed by atoms with Crippen LogP contribution in [0.25, 0.3) is 39.1 Å². The lowest BCUT2D eigenvalue weighted by Gasteiger charge is -2.27. The van der Waals surface area contributed by atoms with Crippen LogP contribution in [0.4, 0.5) is 17.2 Å². The molecule has 0 unspecified atom stereocenters. The van der Waals surface area contributed by atoms with Gasteiger partial charge in [0.25, 0.3) is 0 Å². The van der Waals surface area contributed by atoms with Crippen molar-refractivity contribution in [1.82, 2.24) is 14.5 Å². The van der Waals surface area contributed by atoms with Gasteiger partial charge in [-0.2, -0.15) is 0 Å². The van der Waals surface area contributed by atoms with Crippen LogP contribution >= 0.6 is 11.8 Å². The summed E-state index contributed by atoms with van der Waals surface area (Å²) in [7, 11) is 0. The maximum absolute atomic E-state index is 4.85. The zero-order valence-corrected chi connectivity index (χ0v) is 24.0.